The number of ether oxygens (including phenoxy) is 3. The highest BCUT2D eigenvalue weighted by atomic mass is 16.7. The monoisotopic (exact) mass is 381 g/mol. The third kappa shape index (κ3) is 6.32. The molecule has 3 atom stereocenters. The van der Waals surface area contributed by atoms with E-state index in [-0.39, 0.29) is 24.0 Å². The molecule has 8 nitrogen and oxygen atoms in total. The largest absolute Gasteiger partial charge is 0.508 e. The number of hydrogen-bond donors (Lipinski definition) is 3. The molecule has 2 rings (SSSR count). The number of nitrogens with two attached hydrogens (primary N) is 1. The summed E-state index contributed by atoms with van der Waals surface area (Å²) in [6, 6.07) is 3.23. The van der Waals surface area contributed by atoms with E-state index in [0.717, 1.165) is 25.7 Å². The number of benzene rings is 1. The fraction of sp³-hybridized carbons (Fsp3) is 0.579. The van der Waals surface area contributed by atoms with Gasteiger partial charge in [0.1, 0.15) is 24.4 Å². The highest BCUT2D eigenvalue weighted by molar-refractivity contribution is 5.76. The van der Waals surface area contributed by atoms with Crippen LogP contribution in [0, 0.1) is 0 Å². The van der Waals surface area contributed by atoms with Gasteiger partial charge in [0.05, 0.1) is 0 Å². The Labute approximate surface area is 158 Å². The molecule has 0 spiro atoms. The molecule has 1 aromatic carbocycles. The first-order chi connectivity index (χ1) is 12.8. The predicted octanol–water partition coefficient (Wildman–Crippen LogP) is 2.38. The van der Waals surface area contributed by atoms with E-state index >= 15 is 0 Å². The molecule has 0 aliphatic heterocycles. The summed E-state index contributed by atoms with van der Waals surface area (Å²) in [4.78, 5) is 23.9. The third-order valence-corrected chi connectivity index (χ3v) is 4.61. The summed E-state index contributed by atoms with van der Waals surface area (Å²) >= 11 is 0. The molecule has 27 heavy (non-hydrogen) atoms. The topological polar surface area (TPSA) is 128 Å². The number of phenolic OH excluding ortho intramolecular Hbond substituents is 2. The minimum absolute atomic E-state index is 0.0993. The van der Waals surface area contributed by atoms with Gasteiger partial charge in [0.25, 0.3) is 0 Å². The standard InChI is InChI=1S/C19H27NO7/c1-11(12(2)26-19(24)27-14-5-3-4-6-14)25-18(23)15(20)9-13-7-8-16(21)17(22)10-13/h7-8,10-12,14-15,21-22H,3-6,9,20H2,1-2H3/t11-,12+,15+/m1/s1. The lowest BCUT2D eigenvalue weighted by Gasteiger charge is -2.23. The number of carbonyl (C=O) groups is 2. The van der Waals surface area contributed by atoms with Crippen LogP contribution in [0.2, 0.25) is 0 Å². The second kappa shape index (κ2) is 9.45. The number of hydrogen-bond acceptors (Lipinski definition) is 8. The van der Waals surface area contributed by atoms with Crippen molar-refractivity contribution in [3.8, 4) is 11.5 Å². The van der Waals surface area contributed by atoms with Gasteiger partial charge in [0, 0.05) is 0 Å². The maximum absolute atomic E-state index is 12.1. The van der Waals surface area contributed by atoms with E-state index in [2.05, 4.69) is 0 Å². The van der Waals surface area contributed by atoms with E-state index in [4.69, 9.17) is 19.9 Å². The van der Waals surface area contributed by atoms with Crippen molar-refractivity contribution in [1.29, 1.82) is 0 Å². The number of esters is 1. The molecule has 4 N–H and O–H groups in total. The minimum atomic E-state index is -0.964. The van der Waals surface area contributed by atoms with Crippen LogP contribution < -0.4 is 5.73 Å². The summed E-state index contributed by atoms with van der Waals surface area (Å²) < 4.78 is 15.6. The SMILES string of the molecule is C[C@H](OC(=O)OC1CCCC1)[C@@H](C)OC(=O)[C@@H](N)Cc1ccc(O)c(O)c1. The van der Waals surface area contributed by atoms with E-state index in [1.54, 1.807) is 19.9 Å². The average molecular weight is 381 g/mol. The zero-order valence-corrected chi connectivity index (χ0v) is 15.6. The van der Waals surface area contributed by atoms with Crippen molar-refractivity contribution in [2.24, 2.45) is 5.73 Å². The van der Waals surface area contributed by atoms with Crippen LogP contribution in [-0.4, -0.2) is 46.7 Å². The van der Waals surface area contributed by atoms with Crippen molar-refractivity contribution in [3.05, 3.63) is 23.8 Å². The van der Waals surface area contributed by atoms with Gasteiger partial charge in [-0.15, -0.1) is 0 Å². The van der Waals surface area contributed by atoms with Crippen molar-refractivity contribution in [2.45, 2.75) is 70.3 Å². The average Bonchev–Trinajstić information content (AvgIpc) is 3.10. The molecule has 1 saturated carbocycles. The van der Waals surface area contributed by atoms with Crippen LogP contribution in [0.3, 0.4) is 0 Å². The molecule has 0 aromatic heterocycles. The Kier molecular flexibility index (Phi) is 7.29. The molecule has 8 heteroatoms. The second-order valence-corrected chi connectivity index (χ2v) is 6.87. The van der Waals surface area contributed by atoms with E-state index in [1.165, 1.54) is 12.1 Å². The summed E-state index contributed by atoms with van der Waals surface area (Å²) in [6.45, 7) is 3.21. The maximum atomic E-state index is 12.1. The molecule has 0 amide bonds. The molecule has 1 aromatic rings. The smallest absolute Gasteiger partial charge is 0.504 e. The van der Waals surface area contributed by atoms with Gasteiger partial charge in [-0.05, 0) is 63.6 Å². The highest BCUT2D eigenvalue weighted by Gasteiger charge is 2.26. The lowest BCUT2D eigenvalue weighted by Crippen LogP contribution is -2.39. The van der Waals surface area contributed by atoms with Gasteiger partial charge in [0.15, 0.2) is 11.5 Å². The van der Waals surface area contributed by atoms with Gasteiger partial charge in [-0.1, -0.05) is 6.07 Å². The van der Waals surface area contributed by atoms with Crippen LogP contribution in [0.1, 0.15) is 45.1 Å². The maximum Gasteiger partial charge on any atom is 0.508 e. The van der Waals surface area contributed by atoms with E-state index in [1.807, 2.05) is 0 Å². The zero-order chi connectivity index (χ0) is 20.0. The summed E-state index contributed by atoms with van der Waals surface area (Å²) in [5.74, 6) is -1.20. The van der Waals surface area contributed by atoms with Gasteiger partial charge >= 0.3 is 12.1 Å². The molecule has 1 aliphatic rings. The minimum Gasteiger partial charge on any atom is -0.504 e. The van der Waals surface area contributed by atoms with Crippen molar-refractivity contribution < 1.29 is 34.0 Å². The van der Waals surface area contributed by atoms with Gasteiger partial charge in [-0.25, -0.2) is 4.79 Å². The van der Waals surface area contributed by atoms with Crippen LogP contribution in [0.5, 0.6) is 11.5 Å². The second-order valence-electron chi connectivity index (χ2n) is 6.87. The van der Waals surface area contributed by atoms with Crippen LogP contribution >= 0.6 is 0 Å². The van der Waals surface area contributed by atoms with Crippen molar-refractivity contribution in [3.63, 3.8) is 0 Å². The van der Waals surface area contributed by atoms with Gasteiger partial charge in [-0.2, -0.15) is 0 Å². The molecule has 150 valence electrons. The van der Waals surface area contributed by atoms with Crippen LogP contribution in [0.4, 0.5) is 4.79 Å². The van der Waals surface area contributed by atoms with E-state index < -0.39 is 30.4 Å². The fourth-order valence-corrected chi connectivity index (χ4v) is 2.82. The molecule has 0 saturated heterocycles. The highest BCUT2D eigenvalue weighted by Crippen LogP contribution is 2.25. The number of phenols is 2. The Balaban J connectivity index is 1.78. The third-order valence-electron chi connectivity index (χ3n) is 4.61. The van der Waals surface area contributed by atoms with Gasteiger partial charge in [-0.3, -0.25) is 4.79 Å². The van der Waals surface area contributed by atoms with E-state index in [0.29, 0.717) is 5.56 Å². The van der Waals surface area contributed by atoms with Crippen LogP contribution in [-0.2, 0) is 25.4 Å². The van der Waals surface area contributed by atoms with E-state index in [9.17, 15) is 19.8 Å². The molecule has 0 radical (unpaired) electrons. The molecule has 0 heterocycles. The summed E-state index contributed by atoms with van der Waals surface area (Å²) in [5.41, 5.74) is 6.42. The Morgan fingerprint density at radius 2 is 1.74 bits per heavy atom. The summed E-state index contributed by atoms with van der Waals surface area (Å²) in [5, 5.41) is 18.8. The van der Waals surface area contributed by atoms with Crippen LogP contribution in [0.25, 0.3) is 0 Å². The van der Waals surface area contributed by atoms with Gasteiger partial charge < -0.3 is 30.2 Å². The van der Waals surface area contributed by atoms with Gasteiger partial charge in [0.2, 0.25) is 0 Å². The summed E-state index contributed by atoms with van der Waals surface area (Å²) in [6.07, 6.45) is 1.64. The Morgan fingerprint density at radius 1 is 1.11 bits per heavy atom. The molecular formula is C19H27NO7. The fourth-order valence-electron chi connectivity index (χ4n) is 2.82. The summed E-state index contributed by atoms with van der Waals surface area (Å²) in [7, 11) is 0. The lowest BCUT2D eigenvalue weighted by molar-refractivity contribution is -0.155. The molecule has 1 aliphatic carbocycles. The quantitative estimate of drug-likeness (QED) is 0.485. The first-order valence-electron chi connectivity index (χ1n) is 9.10. The Bertz CT molecular complexity index is 657. The molecule has 0 unspecified atom stereocenters. The first kappa shape index (κ1) is 20.8. The number of aromatic hydroxyl groups is 2. The number of carbonyl (C=O) groups excluding carboxylic acids is 2. The van der Waals surface area contributed by atoms with Crippen molar-refractivity contribution in [1.82, 2.24) is 0 Å². The lowest BCUT2D eigenvalue weighted by atomic mass is 10.1. The Hall–Kier alpha value is -2.48. The normalized spacial score (nSPS) is 17.7. The van der Waals surface area contributed by atoms with Crippen molar-refractivity contribution >= 4 is 12.1 Å². The molecule has 1 fully saturated rings. The molecular weight excluding hydrogens is 354 g/mol. The first-order valence-corrected chi connectivity index (χ1v) is 9.10. The van der Waals surface area contributed by atoms with Crippen molar-refractivity contribution in [2.75, 3.05) is 0 Å². The zero-order valence-electron chi connectivity index (χ0n) is 15.6. The molecule has 0 bridgehead atoms. The number of rotatable bonds is 7. The predicted molar refractivity (Wildman–Crippen MR) is 96.3 cm³/mol. The van der Waals surface area contributed by atoms with Crippen LogP contribution in [0.15, 0.2) is 18.2 Å². The Morgan fingerprint density at radius 3 is 2.37 bits per heavy atom.